The van der Waals surface area contributed by atoms with Gasteiger partial charge in [0.2, 0.25) is 0 Å². The number of carbonyl (C=O) groups is 3. The topological polar surface area (TPSA) is 120 Å². The molecule has 0 aliphatic carbocycles. The van der Waals surface area contributed by atoms with E-state index in [4.69, 9.17) is 0 Å². The van der Waals surface area contributed by atoms with Crippen LogP contribution in [0, 0.1) is 5.41 Å². The molecule has 0 unspecified atom stereocenters. The Morgan fingerprint density at radius 3 is 2.36 bits per heavy atom. The monoisotopic (exact) mass is 596 g/mol. The van der Waals surface area contributed by atoms with Crippen LogP contribution in [0.4, 0.5) is 22.0 Å². The molecule has 2 amide bonds. The molecule has 0 saturated carbocycles. The zero-order valence-electron chi connectivity index (χ0n) is 25.7. The SMILES string of the molecule is CNC(=O)n1ccc2cc(N(CC(=O)C(C)(C)C)c3ccnc(NC(=O)c4ccc(CN5CCC(O)CC5)cc4)c3)ccc21. The summed E-state index contributed by atoms with van der Waals surface area (Å²) in [5.41, 5.74) is 3.28. The van der Waals surface area contributed by atoms with Crippen molar-refractivity contribution in [2.75, 3.05) is 36.9 Å². The molecule has 4 aromatic rings. The average Bonchev–Trinajstić information content (AvgIpc) is 3.44. The molecule has 3 N–H and O–H groups in total. The number of likely N-dealkylation sites (tertiary alicyclic amines) is 1. The Hall–Kier alpha value is -4.54. The normalized spacial score (nSPS) is 14.4. The summed E-state index contributed by atoms with van der Waals surface area (Å²) in [6, 6.07) is 18.4. The van der Waals surface area contributed by atoms with Crippen molar-refractivity contribution >= 4 is 45.8 Å². The van der Waals surface area contributed by atoms with Gasteiger partial charge in [-0.15, -0.1) is 0 Å². The number of aromatic nitrogens is 2. The number of pyridine rings is 1. The van der Waals surface area contributed by atoms with E-state index in [-0.39, 0.29) is 30.4 Å². The van der Waals surface area contributed by atoms with Crippen LogP contribution in [0.2, 0.25) is 0 Å². The molecule has 2 aromatic carbocycles. The Morgan fingerprint density at radius 1 is 0.977 bits per heavy atom. The molecule has 44 heavy (non-hydrogen) atoms. The van der Waals surface area contributed by atoms with Gasteiger partial charge in [0.1, 0.15) is 5.82 Å². The summed E-state index contributed by atoms with van der Waals surface area (Å²) < 4.78 is 1.54. The second kappa shape index (κ2) is 13.0. The molecule has 1 aliphatic heterocycles. The summed E-state index contributed by atoms with van der Waals surface area (Å²) in [6.45, 7) is 8.28. The summed E-state index contributed by atoms with van der Waals surface area (Å²) >= 11 is 0. The number of amides is 2. The number of carbonyl (C=O) groups excluding carboxylic acids is 3. The molecule has 10 heteroatoms. The Kier molecular flexibility index (Phi) is 9.12. The van der Waals surface area contributed by atoms with E-state index in [9.17, 15) is 19.5 Å². The first-order chi connectivity index (χ1) is 21.0. The van der Waals surface area contributed by atoms with Gasteiger partial charge in [-0.2, -0.15) is 0 Å². The predicted octanol–water partition coefficient (Wildman–Crippen LogP) is 5.19. The zero-order valence-corrected chi connectivity index (χ0v) is 25.7. The standard InChI is InChI=1S/C34H40N6O4/c1-34(2,3)30(42)22-40(26-9-10-29-25(19-26)12-18-39(29)33(44)35-4)27-11-15-36-31(20-27)37-32(43)24-7-5-23(6-8-24)21-38-16-13-28(41)14-17-38/h5-12,15,18-20,28,41H,13-14,16-17,21-22H2,1-4H3,(H,35,44)(H,36,37,43). The minimum atomic E-state index is -0.559. The fourth-order valence-electron chi connectivity index (χ4n) is 5.25. The van der Waals surface area contributed by atoms with E-state index in [0.29, 0.717) is 17.1 Å². The van der Waals surface area contributed by atoms with Gasteiger partial charge in [0.05, 0.1) is 18.2 Å². The van der Waals surface area contributed by atoms with E-state index in [0.717, 1.165) is 54.6 Å². The molecule has 1 saturated heterocycles. The van der Waals surface area contributed by atoms with Crippen molar-refractivity contribution in [1.29, 1.82) is 0 Å². The largest absolute Gasteiger partial charge is 0.393 e. The van der Waals surface area contributed by atoms with E-state index >= 15 is 0 Å². The highest BCUT2D eigenvalue weighted by Crippen LogP contribution is 2.31. The van der Waals surface area contributed by atoms with Crippen molar-refractivity contribution in [3.05, 3.63) is 84.2 Å². The highest BCUT2D eigenvalue weighted by Gasteiger charge is 2.25. The highest BCUT2D eigenvalue weighted by molar-refractivity contribution is 6.04. The highest BCUT2D eigenvalue weighted by atomic mass is 16.3. The Bertz CT molecular complexity index is 1650. The van der Waals surface area contributed by atoms with Gasteiger partial charge in [-0.25, -0.2) is 9.78 Å². The van der Waals surface area contributed by atoms with Crippen molar-refractivity contribution in [2.45, 2.75) is 46.3 Å². The summed E-state index contributed by atoms with van der Waals surface area (Å²) in [6.07, 6.45) is 4.69. The molecular weight excluding hydrogens is 556 g/mol. The Morgan fingerprint density at radius 2 is 1.68 bits per heavy atom. The number of nitrogens with zero attached hydrogens (tertiary/aromatic N) is 4. The second-order valence-corrected chi connectivity index (χ2v) is 12.3. The lowest BCUT2D eigenvalue weighted by molar-refractivity contribution is -0.124. The lowest BCUT2D eigenvalue weighted by atomic mass is 9.90. The maximum atomic E-state index is 13.2. The van der Waals surface area contributed by atoms with E-state index in [1.807, 2.05) is 74.2 Å². The molecule has 1 aliphatic rings. The lowest BCUT2D eigenvalue weighted by Gasteiger charge is -2.29. The molecule has 10 nitrogen and oxygen atoms in total. The molecule has 1 fully saturated rings. The van der Waals surface area contributed by atoms with Gasteiger partial charge in [0, 0.05) is 72.9 Å². The van der Waals surface area contributed by atoms with Crippen molar-refractivity contribution in [3.8, 4) is 0 Å². The molecule has 3 heterocycles. The van der Waals surface area contributed by atoms with Crippen LogP contribution >= 0.6 is 0 Å². The fourth-order valence-corrected chi connectivity index (χ4v) is 5.25. The summed E-state index contributed by atoms with van der Waals surface area (Å²) in [7, 11) is 1.58. The molecule has 230 valence electrons. The van der Waals surface area contributed by atoms with Crippen LogP contribution in [0.25, 0.3) is 10.9 Å². The zero-order chi connectivity index (χ0) is 31.4. The molecule has 0 spiro atoms. The van der Waals surface area contributed by atoms with E-state index in [1.54, 1.807) is 31.6 Å². The van der Waals surface area contributed by atoms with Crippen LogP contribution < -0.4 is 15.5 Å². The maximum absolute atomic E-state index is 13.2. The number of rotatable bonds is 8. The fraction of sp³-hybridized carbons (Fsp3) is 0.353. The first kappa shape index (κ1) is 30.9. The minimum Gasteiger partial charge on any atom is -0.393 e. The van der Waals surface area contributed by atoms with Crippen LogP contribution in [0.15, 0.2) is 73.1 Å². The third-order valence-corrected chi connectivity index (χ3v) is 8.03. The molecule has 0 bridgehead atoms. The first-order valence-electron chi connectivity index (χ1n) is 14.9. The molecule has 0 radical (unpaired) electrons. The maximum Gasteiger partial charge on any atom is 0.325 e. The van der Waals surface area contributed by atoms with Gasteiger partial charge in [-0.1, -0.05) is 32.9 Å². The van der Waals surface area contributed by atoms with E-state index in [1.165, 1.54) is 4.57 Å². The Balaban J connectivity index is 1.36. The quantitative estimate of drug-likeness (QED) is 0.256. The lowest BCUT2D eigenvalue weighted by Crippen LogP contribution is -2.35. The predicted molar refractivity (Wildman–Crippen MR) is 172 cm³/mol. The molecule has 2 aromatic heterocycles. The number of hydrogen-bond donors (Lipinski definition) is 3. The van der Waals surface area contributed by atoms with Crippen molar-refractivity contribution in [2.24, 2.45) is 5.41 Å². The van der Waals surface area contributed by atoms with E-state index in [2.05, 4.69) is 20.5 Å². The van der Waals surface area contributed by atoms with Crippen LogP contribution in [0.5, 0.6) is 0 Å². The number of aliphatic hydroxyl groups is 1. The Labute approximate surface area is 257 Å². The number of anilines is 3. The van der Waals surface area contributed by atoms with Crippen LogP contribution in [-0.2, 0) is 11.3 Å². The number of aliphatic hydroxyl groups excluding tert-OH is 1. The third kappa shape index (κ3) is 7.15. The summed E-state index contributed by atoms with van der Waals surface area (Å²) in [4.78, 5) is 47.2. The van der Waals surface area contributed by atoms with E-state index < -0.39 is 5.41 Å². The number of hydrogen-bond acceptors (Lipinski definition) is 7. The van der Waals surface area contributed by atoms with Gasteiger partial charge in [0.25, 0.3) is 5.91 Å². The third-order valence-electron chi connectivity index (χ3n) is 8.03. The smallest absolute Gasteiger partial charge is 0.325 e. The average molecular weight is 597 g/mol. The van der Waals surface area contributed by atoms with Gasteiger partial charge < -0.3 is 20.6 Å². The molecule has 5 rings (SSSR count). The van der Waals surface area contributed by atoms with Gasteiger partial charge >= 0.3 is 6.03 Å². The van der Waals surface area contributed by atoms with Gasteiger partial charge in [-0.05, 0) is 60.9 Å². The minimum absolute atomic E-state index is 0.0451. The first-order valence-corrected chi connectivity index (χ1v) is 14.9. The van der Waals surface area contributed by atoms with Crippen molar-refractivity contribution in [3.63, 3.8) is 0 Å². The summed E-state index contributed by atoms with van der Waals surface area (Å²) in [5.74, 6) is 0.129. The number of ketones is 1. The number of Topliss-reactive ketones (excluding diaryl/α,β-unsaturated/α-hetero) is 1. The van der Waals surface area contributed by atoms with Crippen molar-refractivity contribution < 1.29 is 19.5 Å². The molecule has 0 atom stereocenters. The van der Waals surface area contributed by atoms with Crippen molar-refractivity contribution in [1.82, 2.24) is 19.8 Å². The van der Waals surface area contributed by atoms with Gasteiger partial charge in [0.15, 0.2) is 5.78 Å². The second-order valence-electron chi connectivity index (χ2n) is 12.3. The van der Waals surface area contributed by atoms with Crippen LogP contribution in [0.3, 0.4) is 0 Å². The van der Waals surface area contributed by atoms with Crippen LogP contribution in [0.1, 0.15) is 49.5 Å². The number of fused-ring (bicyclic) bond motifs is 1. The summed E-state index contributed by atoms with van der Waals surface area (Å²) in [5, 5.41) is 16.1. The number of nitrogens with one attached hydrogen (secondary N) is 2. The number of benzene rings is 2. The van der Waals surface area contributed by atoms with Gasteiger partial charge in [-0.3, -0.25) is 19.1 Å². The number of piperidine rings is 1. The molecular formula is C34H40N6O4. The van der Waals surface area contributed by atoms with Crippen LogP contribution in [-0.4, -0.2) is 70.1 Å².